The number of hydrogen-bond donors (Lipinski definition) is 1. The average Bonchev–Trinajstić information content (AvgIpc) is 2.39. The first kappa shape index (κ1) is 13.4. The Labute approximate surface area is 112 Å². The van der Waals surface area contributed by atoms with Crippen LogP contribution in [0.5, 0.6) is 0 Å². The van der Waals surface area contributed by atoms with Crippen molar-refractivity contribution in [1.29, 1.82) is 0 Å². The molecule has 0 amide bonds. The number of carbonyl (C=O) groups excluding carboxylic acids is 1. The first-order chi connectivity index (χ1) is 8.72. The van der Waals surface area contributed by atoms with Crippen LogP contribution in [0.15, 0.2) is 24.3 Å². The molecule has 2 unspecified atom stereocenters. The lowest BCUT2D eigenvalue weighted by atomic mass is 10.0. The lowest BCUT2D eigenvalue weighted by Gasteiger charge is -2.28. The van der Waals surface area contributed by atoms with Crippen LogP contribution in [0.4, 0.5) is 0 Å². The monoisotopic (exact) mass is 265 g/mol. The number of rotatable bonds is 4. The van der Waals surface area contributed by atoms with Crippen molar-refractivity contribution in [2.75, 3.05) is 12.4 Å². The molecular formula is C14H19NO2S. The van der Waals surface area contributed by atoms with E-state index < -0.39 is 0 Å². The highest BCUT2D eigenvalue weighted by Crippen LogP contribution is 2.31. The topological polar surface area (TPSA) is 38.3 Å². The van der Waals surface area contributed by atoms with Gasteiger partial charge in [-0.1, -0.05) is 24.3 Å². The second kappa shape index (κ2) is 6.25. The van der Waals surface area contributed by atoms with Gasteiger partial charge >= 0.3 is 5.97 Å². The van der Waals surface area contributed by atoms with E-state index >= 15 is 0 Å². The van der Waals surface area contributed by atoms with Gasteiger partial charge < -0.3 is 4.74 Å². The summed E-state index contributed by atoms with van der Waals surface area (Å²) in [6, 6.07) is 8.39. The van der Waals surface area contributed by atoms with E-state index in [2.05, 4.69) is 29.6 Å². The normalized spacial score (nSPS) is 20.0. The van der Waals surface area contributed by atoms with Gasteiger partial charge in [-0.25, -0.2) is 0 Å². The summed E-state index contributed by atoms with van der Waals surface area (Å²) in [7, 11) is 0. The van der Waals surface area contributed by atoms with Gasteiger partial charge in [-0.15, -0.1) is 0 Å². The molecule has 4 heteroatoms. The molecule has 3 nitrogen and oxygen atoms in total. The zero-order valence-electron chi connectivity index (χ0n) is 10.8. The van der Waals surface area contributed by atoms with Crippen molar-refractivity contribution in [3.05, 3.63) is 35.4 Å². The van der Waals surface area contributed by atoms with Crippen molar-refractivity contribution in [1.82, 2.24) is 5.32 Å². The fourth-order valence-corrected chi connectivity index (χ4v) is 3.27. The molecule has 2 rings (SSSR count). The highest BCUT2D eigenvalue weighted by atomic mass is 32.2. The summed E-state index contributed by atoms with van der Waals surface area (Å²) in [4.78, 5) is 11.6. The van der Waals surface area contributed by atoms with E-state index in [0.29, 0.717) is 6.61 Å². The van der Waals surface area contributed by atoms with Crippen molar-refractivity contribution < 1.29 is 9.53 Å². The summed E-state index contributed by atoms with van der Waals surface area (Å²) in [5.41, 5.74) is 2.68. The van der Waals surface area contributed by atoms with Gasteiger partial charge in [0.1, 0.15) is 6.04 Å². The van der Waals surface area contributed by atoms with Crippen LogP contribution < -0.4 is 5.32 Å². The van der Waals surface area contributed by atoms with Crippen LogP contribution in [-0.4, -0.2) is 24.4 Å². The molecule has 1 N–H and O–H groups in total. The Morgan fingerprint density at radius 2 is 2.33 bits per heavy atom. The molecule has 0 bridgehead atoms. The highest BCUT2D eigenvalue weighted by Gasteiger charge is 2.24. The molecular weight excluding hydrogens is 246 g/mol. The number of thioether (sulfide) groups is 1. The average molecular weight is 265 g/mol. The van der Waals surface area contributed by atoms with Crippen LogP contribution in [0.25, 0.3) is 0 Å². The van der Waals surface area contributed by atoms with E-state index in [4.69, 9.17) is 4.74 Å². The summed E-state index contributed by atoms with van der Waals surface area (Å²) in [5, 5.41) is 3.36. The summed E-state index contributed by atoms with van der Waals surface area (Å²) in [6.07, 6.45) is 0. The molecule has 1 aliphatic rings. The Hall–Kier alpha value is -1.00. The number of hydrogen-bond acceptors (Lipinski definition) is 4. The van der Waals surface area contributed by atoms with Crippen molar-refractivity contribution >= 4 is 17.7 Å². The molecule has 0 aliphatic carbocycles. The second-order valence-electron chi connectivity index (χ2n) is 4.41. The van der Waals surface area contributed by atoms with Crippen LogP contribution in [0.1, 0.15) is 31.0 Å². The minimum absolute atomic E-state index is 0.175. The van der Waals surface area contributed by atoms with Crippen molar-refractivity contribution in [2.24, 2.45) is 0 Å². The van der Waals surface area contributed by atoms with E-state index in [1.807, 2.05) is 25.6 Å². The summed E-state index contributed by atoms with van der Waals surface area (Å²) in [6.45, 7) is 4.12. The standard InChI is InChI=1S/C14H19NO2S/c1-3-17-14(16)10(2)15-13-9-18-8-11-6-4-5-7-12(11)13/h4-7,10,13,15H,3,8-9H2,1-2H3. The molecule has 0 spiro atoms. The molecule has 0 fully saturated rings. The number of carbonyl (C=O) groups is 1. The van der Waals surface area contributed by atoms with Gasteiger partial charge in [-0.05, 0) is 25.0 Å². The van der Waals surface area contributed by atoms with E-state index in [1.54, 1.807) is 0 Å². The van der Waals surface area contributed by atoms with Crippen molar-refractivity contribution in [3.63, 3.8) is 0 Å². The largest absolute Gasteiger partial charge is 0.465 e. The van der Waals surface area contributed by atoms with Gasteiger partial charge in [0.2, 0.25) is 0 Å². The number of benzene rings is 1. The van der Waals surface area contributed by atoms with E-state index in [1.165, 1.54) is 11.1 Å². The minimum atomic E-state index is -0.262. The fourth-order valence-electron chi connectivity index (χ4n) is 2.16. The zero-order valence-corrected chi connectivity index (χ0v) is 11.6. The first-order valence-corrected chi connectivity index (χ1v) is 7.46. The Balaban J connectivity index is 2.05. The minimum Gasteiger partial charge on any atom is -0.465 e. The van der Waals surface area contributed by atoms with Gasteiger partial charge in [0.05, 0.1) is 6.61 Å². The van der Waals surface area contributed by atoms with E-state index in [-0.39, 0.29) is 18.1 Å². The molecule has 0 saturated carbocycles. The van der Waals surface area contributed by atoms with Crippen LogP contribution in [0.3, 0.4) is 0 Å². The third kappa shape index (κ3) is 3.06. The Morgan fingerprint density at radius 1 is 1.56 bits per heavy atom. The number of fused-ring (bicyclic) bond motifs is 1. The van der Waals surface area contributed by atoms with Gasteiger partial charge in [0.25, 0.3) is 0 Å². The smallest absolute Gasteiger partial charge is 0.322 e. The van der Waals surface area contributed by atoms with Gasteiger partial charge in [0.15, 0.2) is 0 Å². The second-order valence-corrected chi connectivity index (χ2v) is 5.44. The molecule has 2 atom stereocenters. The Kier molecular flexibility index (Phi) is 4.66. The maximum atomic E-state index is 11.6. The van der Waals surface area contributed by atoms with Crippen LogP contribution in [0, 0.1) is 0 Å². The maximum Gasteiger partial charge on any atom is 0.322 e. The van der Waals surface area contributed by atoms with Gasteiger partial charge in [0, 0.05) is 17.5 Å². The third-order valence-electron chi connectivity index (χ3n) is 3.06. The van der Waals surface area contributed by atoms with Gasteiger partial charge in [-0.3, -0.25) is 10.1 Å². The molecule has 18 heavy (non-hydrogen) atoms. The quantitative estimate of drug-likeness (QED) is 0.849. The fraction of sp³-hybridized carbons (Fsp3) is 0.500. The first-order valence-electron chi connectivity index (χ1n) is 6.30. The van der Waals surface area contributed by atoms with Crippen molar-refractivity contribution in [3.8, 4) is 0 Å². The molecule has 0 radical (unpaired) electrons. The van der Waals surface area contributed by atoms with Gasteiger partial charge in [-0.2, -0.15) is 11.8 Å². The maximum absolute atomic E-state index is 11.6. The van der Waals surface area contributed by atoms with E-state index in [0.717, 1.165) is 11.5 Å². The number of esters is 1. The SMILES string of the molecule is CCOC(=O)C(C)NC1CSCc2ccccc21. The van der Waals surface area contributed by atoms with Crippen molar-refractivity contribution in [2.45, 2.75) is 31.7 Å². The molecule has 0 aromatic heterocycles. The highest BCUT2D eigenvalue weighted by molar-refractivity contribution is 7.98. The molecule has 1 aromatic carbocycles. The number of nitrogens with one attached hydrogen (secondary N) is 1. The Bertz CT molecular complexity index is 422. The van der Waals surface area contributed by atoms with Crippen LogP contribution in [0.2, 0.25) is 0 Å². The lowest BCUT2D eigenvalue weighted by Crippen LogP contribution is -2.40. The summed E-state index contributed by atoms with van der Waals surface area (Å²) >= 11 is 1.90. The molecule has 1 heterocycles. The molecule has 1 aromatic rings. The third-order valence-corrected chi connectivity index (χ3v) is 4.15. The number of ether oxygens (including phenoxy) is 1. The predicted molar refractivity (Wildman–Crippen MR) is 74.6 cm³/mol. The lowest BCUT2D eigenvalue weighted by molar-refractivity contribution is -0.145. The van der Waals surface area contributed by atoms with Crippen LogP contribution in [-0.2, 0) is 15.3 Å². The Morgan fingerprint density at radius 3 is 3.11 bits per heavy atom. The summed E-state index contributed by atoms with van der Waals surface area (Å²) < 4.78 is 5.02. The summed E-state index contributed by atoms with van der Waals surface area (Å²) in [5.74, 6) is 1.88. The van der Waals surface area contributed by atoms with E-state index in [9.17, 15) is 4.79 Å². The predicted octanol–water partition coefficient (Wildman–Crippen LogP) is 2.52. The molecule has 98 valence electrons. The van der Waals surface area contributed by atoms with Crippen LogP contribution >= 0.6 is 11.8 Å². The molecule has 0 saturated heterocycles. The zero-order chi connectivity index (χ0) is 13.0. The molecule has 1 aliphatic heterocycles.